The first-order chi connectivity index (χ1) is 12.0. The molecule has 1 unspecified atom stereocenters. The highest BCUT2D eigenvalue weighted by Crippen LogP contribution is 2.32. The molecule has 0 aromatic heterocycles. The van der Waals surface area contributed by atoms with Gasteiger partial charge in [-0.1, -0.05) is 30.3 Å². The Morgan fingerprint density at radius 1 is 1.16 bits per heavy atom. The van der Waals surface area contributed by atoms with Gasteiger partial charge in [-0.3, -0.25) is 9.59 Å². The number of aryl methyl sites for hydroxylation is 1. The third-order valence-corrected chi connectivity index (χ3v) is 4.08. The molecule has 0 bridgehead atoms. The van der Waals surface area contributed by atoms with E-state index in [0.717, 1.165) is 16.7 Å². The average Bonchev–Trinajstić information content (AvgIpc) is 3.02. The fourth-order valence-electron chi connectivity index (χ4n) is 2.87. The van der Waals surface area contributed by atoms with Gasteiger partial charge in [-0.05, 0) is 35.7 Å². The molecule has 130 valence electrons. The largest absolute Gasteiger partial charge is 0.481 e. The molecule has 1 heterocycles. The maximum Gasteiger partial charge on any atom is 0.305 e. The highest BCUT2D eigenvalue weighted by molar-refractivity contribution is 5.80. The summed E-state index contributed by atoms with van der Waals surface area (Å²) >= 11 is 0. The SMILES string of the molecule is Cc1ccccc1C(CC(=O)O)NC(=O)Cc1ccc2c(c1)OCO2. The smallest absolute Gasteiger partial charge is 0.305 e. The summed E-state index contributed by atoms with van der Waals surface area (Å²) in [5.41, 5.74) is 2.53. The van der Waals surface area contributed by atoms with Gasteiger partial charge in [0.05, 0.1) is 18.9 Å². The number of hydrogen-bond acceptors (Lipinski definition) is 4. The minimum absolute atomic E-state index is 0.138. The van der Waals surface area contributed by atoms with E-state index in [1.807, 2.05) is 31.2 Å². The number of ether oxygens (including phenoxy) is 2. The molecule has 2 aromatic rings. The number of carboxylic acid groups (broad SMARTS) is 1. The van der Waals surface area contributed by atoms with Crippen LogP contribution >= 0.6 is 0 Å². The van der Waals surface area contributed by atoms with E-state index in [4.69, 9.17) is 14.6 Å². The van der Waals surface area contributed by atoms with E-state index < -0.39 is 12.0 Å². The number of amides is 1. The summed E-state index contributed by atoms with van der Waals surface area (Å²) in [5, 5.41) is 12.0. The number of hydrogen-bond donors (Lipinski definition) is 2. The van der Waals surface area contributed by atoms with E-state index in [1.165, 1.54) is 0 Å². The molecule has 25 heavy (non-hydrogen) atoms. The first kappa shape index (κ1) is 16.8. The predicted octanol–water partition coefficient (Wildman–Crippen LogP) is 2.60. The second-order valence-electron chi connectivity index (χ2n) is 5.94. The first-order valence-electron chi connectivity index (χ1n) is 7.98. The van der Waals surface area contributed by atoms with Gasteiger partial charge in [-0.15, -0.1) is 0 Å². The molecule has 1 aliphatic rings. The van der Waals surface area contributed by atoms with Crippen molar-refractivity contribution >= 4 is 11.9 Å². The van der Waals surface area contributed by atoms with E-state index in [-0.39, 0.29) is 25.5 Å². The number of aliphatic carboxylic acids is 1. The zero-order chi connectivity index (χ0) is 17.8. The summed E-state index contributed by atoms with van der Waals surface area (Å²) in [6.45, 7) is 2.08. The molecule has 3 rings (SSSR count). The highest BCUT2D eigenvalue weighted by atomic mass is 16.7. The van der Waals surface area contributed by atoms with Gasteiger partial charge in [0.1, 0.15) is 0 Å². The topological polar surface area (TPSA) is 84.9 Å². The van der Waals surface area contributed by atoms with Gasteiger partial charge in [-0.2, -0.15) is 0 Å². The van der Waals surface area contributed by atoms with Gasteiger partial charge in [0.15, 0.2) is 11.5 Å². The molecule has 1 aliphatic heterocycles. The lowest BCUT2D eigenvalue weighted by Gasteiger charge is -2.19. The molecule has 1 atom stereocenters. The van der Waals surface area contributed by atoms with Crippen LogP contribution in [0.1, 0.15) is 29.2 Å². The van der Waals surface area contributed by atoms with Crippen molar-refractivity contribution in [2.45, 2.75) is 25.8 Å². The lowest BCUT2D eigenvalue weighted by Crippen LogP contribution is -2.31. The maximum absolute atomic E-state index is 12.4. The third kappa shape index (κ3) is 4.09. The molecule has 2 aromatic carbocycles. The molecule has 0 spiro atoms. The Morgan fingerprint density at radius 3 is 2.68 bits per heavy atom. The van der Waals surface area contributed by atoms with Crippen LogP contribution in [0.2, 0.25) is 0 Å². The van der Waals surface area contributed by atoms with Crippen molar-refractivity contribution < 1.29 is 24.2 Å². The van der Waals surface area contributed by atoms with E-state index >= 15 is 0 Å². The summed E-state index contributed by atoms with van der Waals surface area (Å²) in [6, 6.07) is 12.2. The van der Waals surface area contributed by atoms with Crippen LogP contribution in [-0.4, -0.2) is 23.8 Å². The lowest BCUT2D eigenvalue weighted by atomic mass is 9.98. The van der Waals surface area contributed by atoms with Crippen LogP contribution in [0.5, 0.6) is 11.5 Å². The molecule has 2 N–H and O–H groups in total. The molecule has 0 saturated heterocycles. The zero-order valence-corrected chi connectivity index (χ0v) is 13.8. The predicted molar refractivity (Wildman–Crippen MR) is 90.6 cm³/mol. The molecule has 0 fully saturated rings. The van der Waals surface area contributed by atoms with Crippen molar-refractivity contribution in [2.75, 3.05) is 6.79 Å². The molecule has 0 aliphatic carbocycles. The van der Waals surface area contributed by atoms with Gasteiger partial charge in [0.25, 0.3) is 0 Å². The Hall–Kier alpha value is -3.02. The van der Waals surface area contributed by atoms with E-state index in [9.17, 15) is 9.59 Å². The van der Waals surface area contributed by atoms with E-state index in [2.05, 4.69) is 5.32 Å². The monoisotopic (exact) mass is 341 g/mol. The normalized spacial score (nSPS) is 13.3. The standard InChI is InChI=1S/C19H19NO5/c1-12-4-2-3-5-14(12)15(10-19(22)23)20-18(21)9-13-6-7-16-17(8-13)25-11-24-16/h2-8,15H,9-11H2,1H3,(H,20,21)(H,22,23). The van der Waals surface area contributed by atoms with Crippen LogP contribution in [0.25, 0.3) is 0 Å². The summed E-state index contributed by atoms with van der Waals surface area (Å²) < 4.78 is 10.6. The molecule has 6 nitrogen and oxygen atoms in total. The summed E-state index contributed by atoms with van der Waals surface area (Å²) in [6.07, 6.45) is -0.0314. The Bertz CT molecular complexity index is 802. The highest BCUT2D eigenvalue weighted by Gasteiger charge is 2.20. The van der Waals surface area contributed by atoms with Gasteiger partial charge in [-0.25, -0.2) is 0 Å². The molecule has 6 heteroatoms. The van der Waals surface area contributed by atoms with Crippen LogP contribution in [-0.2, 0) is 16.0 Å². The van der Waals surface area contributed by atoms with Gasteiger partial charge < -0.3 is 19.9 Å². The average molecular weight is 341 g/mol. The Kier molecular flexibility index (Phi) is 4.88. The zero-order valence-electron chi connectivity index (χ0n) is 13.8. The Labute approximate surface area is 145 Å². The van der Waals surface area contributed by atoms with Crippen LogP contribution in [0.3, 0.4) is 0 Å². The van der Waals surface area contributed by atoms with Crippen molar-refractivity contribution in [1.82, 2.24) is 5.32 Å². The number of carbonyl (C=O) groups is 2. The third-order valence-electron chi connectivity index (χ3n) is 4.08. The van der Waals surface area contributed by atoms with Crippen molar-refractivity contribution in [3.63, 3.8) is 0 Å². The minimum atomic E-state index is -0.961. The van der Waals surface area contributed by atoms with Gasteiger partial charge >= 0.3 is 5.97 Å². The number of carboxylic acids is 1. The van der Waals surface area contributed by atoms with Crippen molar-refractivity contribution in [2.24, 2.45) is 0 Å². The number of carbonyl (C=O) groups excluding carboxylic acids is 1. The van der Waals surface area contributed by atoms with Crippen LogP contribution in [0.4, 0.5) is 0 Å². The fourth-order valence-corrected chi connectivity index (χ4v) is 2.87. The first-order valence-corrected chi connectivity index (χ1v) is 7.98. The van der Waals surface area contributed by atoms with Crippen LogP contribution in [0.15, 0.2) is 42.5 Å². The lowest BCUT2D eigenvalue weighted by molar-refractivity contribution is -0.137. The molecule has 1 amide bonds. The van der Waals surface area contributed by atoms with Gasteiger partial charge in [0, 0.05) is 0 Å². The quantitative estimate of drug-likeness (QED) is 0.844. The summed E-state index contributed by atoms with van der Waals surface area (Å²) in [7, 11) is 0. The van der Waals surface area contributed by atoms with Gasteiger partial charge in [0.2, 0.25) is 12.7 Å². The van der Waals surface area contributed by atoms with Crippen molar-refractivity contribution in [3.05, 3.63) is 59.2 Å². The number of nitrogens with one attached hydrogen (secondary N) is 1. The summed E-state index contributed by atoms with van der Waals surface area (Å²) in [5.74, 6) is 0.0733. The molecular formula is C19H19NO5. The minimum Gasteiger partial charge on any atom is -0.481 e. The fraction of sp³-hybridized carbons (Fsp3) is 0.263. The van der Waals surface area contributed by atoms with Crippen molar-refractivity contribution in [3.8, 4) is 11.5 Å². The second kappa shape index (κ2) is 7.25. The molecule has 0 saturated carbocycles. The summed E-state index contributed by atoms with van der Waals surface area (Å²) in [4.78, 5) is 23.6. The number of benzene rings is 2. The second-order valence-corrected chi connectivity index (χ2v) is 5.94. The van der Waals surface area contributed by atoms with E-state index in [0.29, 0.717) is 11.5 Å². The Morgan fingerprint density at radius 2 is 1.92 bits per heavy atom. The molecular weight excluding hydrogens is 322 g/mol. The number of rotatable bonds is 6. The molecule has 0 radical (unpaired) electrons. The van der Waals surface area contributed by atoms with Crippen molar-refractivity contribution in [1.29, 1.82) is 0 Å². The van der Waals surface area contributed by atoms with E-state index in [1.54, 1.807) is 18.2 Å². The Balaban J connectivity index is 1.72. The maximum atomic E-state index is 12.4. The number of fused-ring (bicyclic) bond motifs is 1. The van der Waals surface area contributed by atoms with Crippen LogP contribution in [0, 0.1) is 6.92 Å². The van der Waals surface area contributed by atoms with Crippen LogP contribution < -0.4 is 14.8 Å².